The number of aromatic nitrogens is 1. The van der Waals surface area contributed by atoms with Gasteiger partial charge in [-0.3, -0.25) is 0 Å². The fraction of sp³-hybridized carbons (Fsp3) is 0.556. The van der Waals surface area contributed by atoms with Gasteiger partial charge in [0.2, 0.25) is 0 Å². The highest BCUT2D eigenvalue weighted by molar-refractivity contribution is 5.82. The van der Waals surface area contributed by atoms with E-state index in [9.17, 15) is 0 Å². The van der Waals surface area contributed by atoms with Gasteiger partial charge in [-0.1, -0.05) is 18.2 Å². The van der Waals surface area contributed by atoms with Gasteiger partial charge in [-0.15, -0.1) is 0 Å². The second-order valence-electron chi connectivity index (χ2n) is 7.74. The van der Waals surface area contributed by atoms with Gasteiger partial charge >= 0.3 is 0 Å². The first-order chi connectivity index (χ1) is 9.85. The summed E-state index contributed by atoms with van der Waals surface area (Å²) in [5, 5.41) is 8.84. The minimum absolute atomic E-state index is 0.194. The summed E-state index contributed by atoms with van der Waals surface area (Å²) in [6, 6.07) is 9.07. The lowest BCUT2D eigenvalue weighted by atomic mass is 9.79. The Balaban J connectivity index is 1.70. The molecule has 114 valence electrons. The first-order valence-electron chi connectivity index (χ1n) is 7.92. The fourth-order valence-electron chi connectivity index (χ4n) is 4.00. The second kappa shape index (κ2) is 5.15. The number of H-pyrrole nitrogens is 1. The summed E-state index contributed by atoms with van der Waals surface area (Å²) in [4.78, 5) is 3.36. The number of fused-ring (bicyclic) bond motifs is 1. The molecule has 21 heavy (non-hydrogen) atoms. The minimum atomic E-state index is 0.194. The van der Waals surface area contributed by atoms with E-state index in [2.05, 4.69) is 73.8 Å². The van der Waals surface area contributed by atoms with E-state index in [1.807, 2.05) is 0 Å². The predicted octanol–water partition coefficient (Wildman–Crippen LogP) is 3.57. The quantitative estimate of drug-likeness (QED) is 0.807. The Bertz CT molecular complexity index is 608. The number of benzene rings is 1. The smallest absolute Gasteiger partial charge is 0.0457 e. The Hall–Kier alpha value is -1.32. The van der Waals surface area contributed by atoms with Gasteiger partial charge in [-0.05, 0) is 52.2 Å². The molecule has 3 nitrogen and oxygen atoms in total. The molecule has 1 aromatic carbocycles. The monoisotopic (exact) mass is 285 g/mol. The van der Waals surface area contributed by atoms with Crippen molar-refractivity contribution in [1.82, 2.24) is 15.6 Å². The van der Waals surface area contributed by atoms with Gasteiger partial charge < -0.3 is 15.6 Å². The highest BCUT2D eigenvalue weighted by Crippen LogP contribution is 2.29. The van der Waals surface area contributed by atoms with Gasteiger partial charge in [-0.2, -0.15) is 0 Å². The predicted molar refractivity (Wildman–Crippen MR) is 89.5 cm³/mol. The van der Waals surface area contributed by atoms with Gasteiger partial charge in [0, 0.05) is 40.8 Å². The van der Waals surface area contributed by atoms with Gasteiger partial charge in [0.15, 0.2) is 0 Å². The van der Waals surface area contributed by atoms with Crippen molar-refractivity contribution in [1.29, 1.82) is 0 Å². The molecule has 1 fully saturated rings. The third kappa shape index (κ3) is 3.30. The summed E-state index contributed by atoms with van der Waals surface area (Å²) in [7, 11) is 0. The number of aromatic amines is 1. The molecule has 2 heterocycles. The Morgan fingerprint density at radius 3 is 2.48 bits per heavy atom. The molecule has 1 saturated heterocycles. The molecule has 0 bridgehead atoms. The van der Waals surface area contributed by atoms with Crippen LogP contribution >= 0.6 is 0 Å². The van der Waals surface area contributed by atoms with Crippen LogP contribution in [0.1, 0.15) is 46.1 Å². The van der Waals surface area contributed by atoms with Crippen LogP contribution in [0, 0.1) is 0 Å². The molecule has 0 unspecified atom stereocenters. The molecule has 0 saturated carbocycles. The summed E-state index contributed by atoms with van der Waals surface area (Å²) >= 11 is 0. The van der Waals surface area contributed by atoms with E-state index in [1.165, 1.54) is 29.3 Å². The largest absolute Gasteiger partial charge is 0.361 e. The number of piperidine rings is 1. The van der Waals surface area contributed by atoms with Crippen molar-refractivity contribution in [2.45, 2.75) is 64.2 Å². The van der Waals surface area contributed by atoms with Gasteiger partial charge in [-0.25, -0.2) is 0 Å². The minimum Gasteiger partial charge on any atom is -0.361 e. The maximum absolute atomic E-state index is 3.77. The first kappa shape index (κ1) is 14.6. The normalized spacial score (nSPS) is 21.7. The molecule has 1 aliphatic rings. The molecular weight excluding hydrogens is 258 g/mol. The lowest BCUT2D eigenvalue weighted by molar-refractivity contribution is 0.145. The third-order valence-electron chi connectivity index (χ3n) is 4.45. The van der Waals surface area contributed by atoms with E-state index in [4.69, 9.17) is 0 Å². The topological polar surface area (TPSA) is 39.9 Å². The Morgan fingerprint density at radius 2 is 1.76 bits per heavy atom. The molecule has 2 aromatic rings. The molecule has 0 spiro atoms. The maximum Gasteiger partial charge on any atom is 0.0457 e. The van der Waals surface area contributed by atoms with E-state index >= 15 is 0 Å². The molecule has 0 atom stereocenters. The van der Waals surface area contributed by atoms with Crippen LogP contribution in [0.4, 0.5) is 0 Å². The average Bonchev–Trinajstić information content (AvgIpc) is 2.76. The van der Waals surface area contributed by atoms with Gasteiger partial charge in [0.1, 0.15) is 0 Å². The molecule has 1 aromatic heterocycles. The number of nitrogens with one attached hydrogen (secondary N) is 3. The lowest BCUT2D eigenvalue weighted by Gasteiger charge is -2.46. The Labute approximate surface area is 127 Å². The summed E-state index contributed by atoms with van der Waals surface area (Å²) < 4.78 is 0. The van der Waals surface area contributed by atoms with Crippen LogP contribution in [-0.2, 0) is 6.54 Å². The SMILES string of the molecule is CC1(C)CC(NCc2c[nH]c3ccccc23)CC(C)(C)N1. The third-order valence-corrected chi connectivity index (χ3v) is 4.45. The zero-order valence-electron chi connectivity index (χ0n) is 13.6. The first-order valence-corrected chi connectivity index (χ1v) is 7.92. The summed E-state index contributed by atoms with van der Waals surface area (Å²) in [5.74, 6) is 0. The highest BCUT2D eigenvalue weighted by Gasteiger charge is 2.37. The van der Waals surface area contributed by atoms with Crippen LogP contribution in [0.25, 0.3) is 10.9 Å². The Morgan fingerprint density at radius 1 is 1.10 bits per heavy atom. The van der Waals surface area contributed by atoms with Crippen LogP contribution in [-0.4, -0.2) is 22.1 Å². The van der Waals surface area contributed by atoms with Crippen molar-refractivity contribution in [3.05, 3.63) is 36.0 Å². The molecule has 3 N–H and O–H groups in total. The number of hydrogen-bond acceptors (Lipinski definition) is 2. The van der Waals surface area contributed by atoms with E-state index in [1.54, 1.807) is 0 Å². The van der Waals surface area contributed by atoms with Crippen molar-refractivity contribution in [3.63, 3.8) is 0 Å². The van der Waals surface area contributed by atoms with Crippen molar-refractivity contribution in [2.75, 3.05) is 0 Å². The summed E-state index contributed by atoms with van der Waals surface area (Å²) in [6.45, 7) is 10.1. The number of hydrogen-bond donors (Lipinski definition) is 3. The molecule has 0 aliphatic carbocycles. The molecule has 1 aliphatic heterocycles. The fourth-order valence-corrected chi connectivity index (χ4v) is 4.00. The van der Waals surface area contributed by atoms with Crippen molar-refractivity contribution in [3.8, 4) is 0 Å². The Kier molecular flexibility index (Phi) is 3.58. The maximum atomic E-state index is 3.77. The molecule has 3 heteroatoms. The van der Waals surface area contributed by atoms with Crippen LogP contribution in [0.15, 0.2) is 30.5 Å². The molecule has 3 rings (SSSR count). The zero-order valence-corrected chi connectivity index (χ0v) is 13.6. The lowest BCUT2D eigenvalue weighted by Crippen LogP contribution is -2.61. The van der Waals surface area contributed by atoms with E-state index in [0.29, 0.717) is 6.04 Å². The second-order valence-corrected chi connectivity index (χ2v) is 7.74. The molecule has 0 amide bonds. The van der Waals surface area contributed by atoms with Crippen molar-refractivity contribution in [2.24, 2.45) is 0 Å². The van der Waals surface area contributed by atoms with Crippen LogP contribution < -0.4 is 10.6 Å². The highest BCUT2D eigenvalue weighted by atomic mass is 15.1. The van der Waals surface area contributed by atoms with E-state index in [-0.39, 0.29) is 11.1 Å². The van der Waals surface area contributed by atoms with Crippen LogP contribution in [0.5, 0.6) is 0 Å². The van der Waals surface area contributed by atoms with Crippen LogP contribution in [0.3, 0.4) is 0 Å². The molecular formula is C18H27N3. The van der Waals surface area contributed by atoms with E-state index in [0.717, 1.165) is 6.54 Å². The average molecular weight is 285 g/mol. The van der Waals surface area contributed by atoms with Gasteiger partial charge in [0.25, 0.3) is 0 Å². The standard InChI is InChI=1S/C18H27N3/c1-17(2)9-14(10-18(3,4)21-17)19-11-13-12-20-16-8-6-5-7-15(13)16/h5-8,12,14,19-21H,9-11H2,1-4H3. The number of rotatable bonds is 3. The van der Waals surface area contributed by atoms with Crippen molar-refractivity contribution < 1.29 is 0 Å². The molecule has 0 radical (unpaired) electrons. The number of para-hydroxylation sites is 1. The van der Waals surface area contributed by atoms with Crippen LogP contribution in [0.2, 0.25) is 0 Å². The van der Waals surface area contributed by atoms with Gasteiger partial charge in [0.05, 0.1) is 0 Å². The summed E-state index contributed by atoms with van der Waals surface area (Å²) in [5.41, 5.74) is 2.97. The van der Waals surface area contributed by atoms with Crippen molar-refractivity contribution >= 4 is 10.9 Å². The summed E-state index contributed by atoms with van der Waals surface area (Å²) in [6.07, 6.45) is 4.46. The van der Waals surface area contributed by atoms with E-state index < -0.39 is 0 Å². The zero-order chi connectivity index (χ0) is 15.1.